The van der Waals surface area contributed by atoms with Gasteiger partial charge in [-0.2, -0.15) is 0 Å². The van der Waals surface area contributed by atoms with Crippen LogP contribution >= 0.6 is 0 Å². The highest BCUT2D eigenvalue weighted by Crippen LogP contribution is 2.28. The van der Waals surface area contributed by atoms with Crippen molar-refractivity contribution in [2.75, 3.05) is 5.43 Å². The van der Waals surface area contributed by atoms with Crippen molar-refractivity contribution in [3.8, 4) is 0 Å². The lowest BCUT2D eigenvalue weighted by molar-refractivity contribution is -0.384. The number of nitrogens with zero attached hydrogens (tertiary/aromatic N) is 1. The molecule has 1 aliphatic rings. The second-order valence-electron chi connectivity index (χ2n) is 4.20. The zero-order valence-electron chi connectivity index (χ0n) is 9.68. The maximum Gasteiger partial charge on any atom is 0.306 e. The molecule has 0 atom stereocenters. The molecule has 1 saturated carbocycles. The first-order valence-electron chi connectivity index (χ1n) is 5.68. The molecule has 1 fully saturated rings. The smallest absolute Gasteiger partial charge is 0.306 e. The Balaban J connectivity index is 2.30. The Morgan fingerprint density at radius 3 is 2.67 bits per heavy atom. The summed E-state index contributed by atoms with van der Waals surface area (Å²) in [7, 11) is 0. The van der Waals surface area contributed by atoms with Crippen LogP contribution in [0.4, 0.5) is 11.4 Å². The summed E-state index contributed by atoms with van der Waals surface area (Å²) in [6, 6.07) is 4.56. The highest BCUT2D eigenvalue weighted by molar-refractivity contribution is 6.00. The summed E-state index contributed by atoms with van der Waals surface area (Å²) in [5.41, 5.74) is 2.09. The number of benzene rings is 1. The highest BCUT2D eigenvalue weighted by atomic mass is 16.6. The third kappa shape index (κ3) is 2.25. The largest absolute Gasteiger partial charge is 0.349 e. The molecule has 1 aromatic carbocycles. The van der Waals surface area contributed by atoms with Crippen molar-refractivity contribution in [3.05, 3.63) is 33.9 Å². The number of anilines is 1. The molecular weight excluding hydrogens is 236 g/mol. The van der Waals surface area contributed by atoms with Crippen LogP contribution in [0.1, 0.15) is 29.6 Å². The Labute approximate surface area is 103 Å². The number of para-hydroxylation sites is 1. The van der Waals surface area contributed by atoms with Gasteiger partial charge in [-0.1, -0.05) is 6.07 Å². The molecule has 7 nitrogen and oxygen atoms in total. The molecule has 0 saturated heterocycles. The number of nitrogens with one attached hydrogen (secondary N) is 2. The van der Waals surface area contributed by atoms with Gasteiger partial charge in [0.25, 0.3) is 5.91 Å². The average molecular weight is 250 g/mol. The summed E-state index contributed by atoms with van der Waals surface area (Å²) in [5.74, 6) is 4.78. The van der Waals surface area contributed by atoms with Gasteiger partial charge in [-0.25, -0.2) is 0 Å². The Hall–Kier alpha value is -2.15. The first kappa shape index (κ1) is 12.3. The molecule has 0 radical (unpaired) electrons. The third-order valence-corrected chi connectivity index (χ3v) is 3.06. The van der Waals surface area contributed by atoms with E-state index in [4.69, 9.17) is 5.84 Å². The van der Waals surface area contributed by atoms with E-state index >= 15 is 0 Å². The third-order valence-electron chi connectivity index (χ3n) is 3.06. The van der Waals surface area contributed by atoms with E-state index in [-0.39, 0.29) is 23.0 Å². The number of carbonyl (C=O) groups is 1. The van der Waals surface area contributed by atoms with Crippen molar-refractivity contribution < 1.29 is 9.72 Å². The van der Waals surface area contributed by atoms with E-state index in [2.05, 4.69) is 10.7 Å². The lowest BCUT2D eigenvalue weighted by Gasteiger charge is -2.26. The second-order valence-corrected chi connectivity index (χ2v) is 4.20. The quantitative estimate of drug-likeness (QED) is 0.422. The van der Waals surface area contributed by atoms with E-state index in [0.717, 1.165) is 19.3 Å². The van der Waals surface area contributed by atoms with Crippen molar-refractivity contribution in [3.63, 3.8) is 0 Å². The molecule has 0 unspecified atom stereocenters. The summed E-state index contributed by atoms with van der Waals surface area (Å²) >= 11 is 0. The number of rotatable bonds is 4. The molecule has 0 spiro atoms. The second kappa shape index (κ2) is 5.01. The van der Waals surface area contributed by atoms with Crippen molar-refractivity contribution >= 4 is 17.3 Å². The molecule has 0 heterocycles. The van der Waals surface area contributed by atoms with Gasteiger partial charge in [-0.15, -0.1) is 0 Å². The van der Waals surface area contributed by atoms with Crippen LogP contribution in [0.2, 0.25) is 0 Å². The van der Waals surface area contributed by atoms with Gasteiger partial charge < -0.3 is 10.7 Å². The van der Waals surface area contributed by atoms with Gasteiger partial charge in [-0.3, -0.25) is 20.8 Å². The van der Waals surface area contributed by atoms with Crippen LogP contribution in [-0.2, 0) is 0 Å². The van der Waals surface area contributed by atoms with Gasteiger partial charge in [0.15, 0.2) is 0 Å². The monoisotopic (exact) mass is 250 g/mol. The molecule has 1 amide bonds. The van der Waals surface area contributed by atoms with E-state index in [9.17, 15) is 14.9 Å². The number of nitrogens with two attached hydrogens (primary N) is 1. The summed E-state index contributed by atoms with van der Waals surface area (Å²) < 4.78 is 0. The molecule has 7 heteroatoms. The fraction of sp³-hybridized carbons (Fsp3) is 0.364. The first-order valence-corrected chi connectivity index (χ1v) is 5.68. The number of hydrogen-bond acceptors (Lipinski definition) is 5. The normalized spacial score (nSPS) is 14.7. The topological polar surface area (TPSA) is 110 Å². The molecule has 0 aliphatic heterocycles. The fourth-order valence-corrected chi connectivity index (χ4v) is 1.86. The minimum atomic E-state index is -0.606. The molecule has 18 heavy (non-hydrogen) atoms. The maximum absolute atomic E-state index is 12.0. The number of amides is 1. The number of hydrazine groups is 1. The van der Waals surface area contributed by atoms with Crippen LogP contribution in [0.5, 0.6) is 0 Å². The molecule has 2 rings (SSSR count). The van der Waals surface area contributed by atoms with E-state index in [1.165, 1.54) is 12.1 Å². The molecule has 1 aliphatic carbocycles. The van der Waals surface area contributed by atoms with Crippen LogP contribution in [0.3, 0.4) is 0 Å². The van der Waals surface area contributed by atoms with Gasteiger partial charge in [0.1, 0.15) is 11.3 Å². The Kier molecular flexibility index (Phi) is 3.42. The summed E-state index contributed by atoms with van der Waals surface area (Å²) in [6.07, 6.45) is 2.93. The lowest BCUT2D eigenvalue weighted by atomic mass is 9.93. The number of nitrogen functional groups attached to an aromatic ring is 1. The number of nitro benzene ring substituents is 1. The van der Waals surface area contributed by atoms with E-state index in [0.29, 0.717) is 0 Å². The number of hydrogen-bond donors (Lipinski definition) is 3. The SMILES string of the molecule is NNc1cccc(C(=O)NC2CCC2)c1[N+](=O)[O-]. The Morgan fingerprint density at radius 2 is 2.17 bits per heavy atom. The van der Waals surface area contributed by atoms with Crippen LogP contribution in [0, 0.1) is 10.1 Å². The van der Waals surface area contributed by atoms with Crippen molar-refractivity contribution in [1.29, 1.82) is 0 Å². The fourth-order valence-electron chi connectivity index (χ4n) is 1.86. The molecule has 96 valence electrons. The summed E-state index contributed by atoms with van der Waals surface area (Å²) in [6.45, 7) is 0. The number of carbonyl (C=O) groups excluding carboxylic acids is 1. The Morgan fingerprint density at radius 1 is 1.44 bits per heavy atom. The van der Waals surface area contributed by atoms with Crippen LogP contribution in [0.25, 0.3) is 0 Å². The van der Waals surface area contributed by atoms with Gasteiger partial charge in [0.2, 0.25) is 0 Å². The molecule has 0 aromatic heterocycles. The minimum Gasteiger partial charge on any atom is -0.349 e. The summed E-state index contributed by atoms with van der Waals surface area (Å²) in [4.78, 5) is 22.4. The van der Waals surface area contributed by atoms with Crippen molar-refractivity contribution in [2.24, 2.45) is 5.84 Å². The van der Waals surface area contributed by atoms with Gasteiger partial charge in [0.05, 0.1) is 4.92 Å². The standard InChI is InChI=1S/C11H14N4O3/c12-14-9-6-2-5-8(10(9)15(17)18)11(16)13-7-3-1-4-7/h2,5-7,14H,1,3-4,12H2,(H,13,16). The maximum atomic E-state index is 12.0. The molecule has 1 aromatic rings. The zero-order valence-corrected chi connectivity index (χ0v) is 9.68. The molecule has 4 N–H and O–H groups in total. The van der Waals surface area contributed by atoms with Crippen LogP contribution in [-0.4, -0.2) is 16.9 Å². The van der Waals surface area contributed by atoms with Crippen LogP contribution < -0.4 is 16.6 Å². The first-order chi connectivity index (χ1) is 8.63. The predicted molar refractivity (Wildman–Crippen MR) is 66.0 cm³/mol. The van der Waals surface area contributed by atoms with E-state index in [1.807, 2.05) is 0 Å². The Bertz CT molecular complexity index is 485. The van der Waals surface area contributed by atoms with E-state index in [1.54, 1.807) is 6.07 Å². The van der Waals surface area contributed by atoms with E-state index < -0.39 is 10.8 Å². The lowest BCUT2D eigenvalue weighted by Crippen LogP contribution is -2.39. The van der Waals surface area contributed by atoms with Crippen molar-refractivity contribution in [1.82, 2.24) is 5.32 Å². The predicted octanol–water partition coefficient (Wildman–Crippen LogP) is 1.16. The van der Waals surface area contributed by atoms with Crippen LogP contribution in [0.15, 0.2) is 18.2 Å². The average Bonchev–Trinajstić information content (AvgIpc) is 2.32. The summed E-state index contributed by atoms with van der Waals surface area (Å²) in [5, 5.41) is 13.8. The van der Waals surface area contributed by atoms with Gasteiger partial charge in [-0.05, 0) is 31.4 Å². The molecular formula is C11H14N4O3. The zero-order chi connectivity index (χ0) is 13.1. The highest BCUT2D eigenvalue weighted by Gasteiger charge is 2.27. The van der Waals surface area contributed by atoms with Crippen molar-refractivity contribution in [2.45, 2.75) is 25.3 Å². The minimum absolute atomic E-state index is 0.0300. The van der Waals surface area contributed by atoms with Gasteiger partial charge in [0, 0.05) is 6.04 Å². The molecule has 0 bridgehead atoms. The number of nitro groups is 1. The van der Waals surface area contributed by atoms with Gasteiger partial charge >= 0.3 is 5.69 Å².